The second kappa shape index (κ2) is 8.38. The summed E-state index contributed by atoms with van der Waals surface area (Å²) in [6.45, 7) is 4.43. The summed E-state index contributed by atoms with van der Waals surface area (Å²) < 4.78 is 5.37. The molecule has 1 unspecified atom stereocenters. The van der Waals surface area contributed by atoms with Crippen LogP contribution >= 0.6 is 11.8 Å². The maximum absolute atomic E-state index is 12.4. The third-order valence-corrected chi connectivity index (χ3v) is 4.26. The van der Waals surface area contributed by atoms with E-state index in [1.54, 1.807) is 12.1 Å². The van der Waals surface area contributed by atoms with Crippen LogP contribution in [0.3, 0.4) is 0 Å². The molecule has 0 aliphatic heterocycles. The molecule has 2 rings (SSSR count). The largest absolute Gasteiger partial charge is 0.494 e. The van der Waals surface area contributed by atoms with E-state index in [4.69, 9.17) is 4.74 Å². The number of benzene rings is 1. The highest BCUT2D eigenvalue weighted by molar-refractivity contribution is 8.00. The molecule has 23 heavy (non-hydrogen) atoms. The number of ether oxygens (including phenoxy) is 1. The molecule has 2 aromatic rings. The predicted molar refractivity (Wildman–Crippen MR) is 91.0 cm³/mol. The molecule has 1 aromatic heterocycles. The molecule has 1 atom stereocenters. The van der Waals surface area contributed by atoms with Crippen molar-refractivity contribution in [1.82, 2.24) is 9.97 Å². The Morgan fingerprint density at radius 3 is 2.65 bits per heavy atom. The topological polar surface area (TPSA) is 84.1 Å². The normalized spacial score (nSPS) is 11.7. The van der Waals surface area contributed by atoms with Gasteiger partial charge in [-0.05, 0) is 37.6 Å². The SMILES string of the molecule is CCOc1ccc(NC(=O)C(CC)Sc2nccc(=O)[nH]2)cc1. The minimum absolute atomic E-state index is 0.131. The molecular weight excluding hydrogens is 314 g/mol. The number of aromatic amines is 1. The van der Waals surface area contributed by atoms with Crippen LogP contribution < -0.4 is 15.6 Å². The first-order valence-corrected chi connectivity index (χ1v) is 8.26. The molecular formula is C16H19N3O3S. The number of hydrogen-bond donors (Lipinski definition) is 2. The van der Waals surface area contributed by atoms with Gasteiger partial charge in [-0.15, -0.1) is 0 Å². The Kier molecular flexibility index (Phi) is 6.22. The Labute approximate surface area is 138 Å². The van der Waals surface area contributed by atoms with Crippen LogP contribution in [0.5, 0.6) is 5.75 Å². The average Bonchev–Trinajstić information content (AvgIpc) is 2.54. The number of carbonyl (C=O) groups is 1. The van der Waals surface area contributed by atoms with E-state index >= 15 is 0 Å². The molecule has 0 radical (unpaired) electrons. The zero-order chi connectivity index (χ0) is 16.7. The summed E-state index contributed by atoms with van der Waals surface area (Å²) in [7, 11) is 0. The highest BCUT2D eigenvalue weighted by atomic mass is 32.2. The van der Waals surface area contributed by atoms with Gasteiger partial charge in [0, 0.05) is 18.0 Å². The lowest BCUT2D eigenvalue weighted by molar-refractivity contribution is -0.115. The number of amides is 1. The number of nitrogens with zero attached hydrogens (tertiary/aromatic N) is 1. The molecule has 7 heteroatoms. The highest BCUT2D eigenvalue weighted by Gasteiger charge is 2.19. The fourth-order valence-electron chi connectivity index (χ4n) is 1.89. The molecule has 0 spiro atoms. The Morgan fingerprint density at radius 1 is 1.30 bits per heavy atom. The summed E-state index contributed by atoms with van der Waals surface area (Å²) in [5.74, 6) is 0.631. The number of H-pyrrole nitrogens is 1. The minimum atomic E-state index is -0.341. The summed E-state index contributed by atoms with van der Waals surface area (Å²) in [6, 6.07) is 8.55. The van der Waals surface area contributed by atoms with Crippen molar-refractivity contribution >= 4 is 23.4 Å². The summed E-state index contributed by atoms with van der Waals surface area (Å²) in [4.78, 5) is 30.3. The molecule has 6 nitrogen and oxygen atoms in total. The van der Waals surface area contributed by atoms with E-state index in [2.05, 4.69) is 15.3 Å². The molecule has 1 amide bonds. The van der Waals surface area contributed by atoms with Crippen molar-refractivity contribution in [1.29, 1.82) is 0 Å². The van der Waals surface area contributed by atoms with E-state index in [0.717, 1.165) is 5.75 Å². The number of aromatic nitrogens is 2. The summed E-state index contributed by atoms with van der Waals surface area (Å²) in [5.41, 5.74) is 0.469. The molecule has 2 N–H and O–H groups in total. The lowest BCUT2D eigenvalue weighted by Gasteiger charge is -2.14. The first-order valence-electron chi connectivity index (χ1n) is 7.38. The number of carbonyl (C=O) groups excluding carboxylic acids is 1. The van der Waals surface area contributed by atoms with Crippen LogP contribution in [0.25, 0.3) is 0 Å². The summed E-state index contributed by atoms with van der Waals surface area (Å²) in [6.07, 6.45) is 2.05. The molecule has 1 heterocycles. The van der Waals surface area contributed by atoms with Gasteiger partial charge < -0.3 is 15.0 Å². The van der Waals surface area contributed by atoms with Crippen molar-refractivity contribution in [2.24, 2.45) is 0 Å². The van der Waals surface area contributed by atoms with Crippen molar-refractivity contribution in [2.45, 2.75) is 30.7 Å². The standard InChI is InChI=1S/C16H19N3O3S/c1-3-13(23-16-17-10-9-14(20)19-16)15(21)18-11-5-7-12(8-6-11)22-4-2/h5-10,13H,3-4H2,1-2H3,(H,18,21)(H,17,19,20). The molecule has 122 valence electrons. The maximum Gasteiger partial charge on any atom is 0.251 e. The molecule has 1 aromatic carbocycles. The van der Waals surface area contributed by atoms with Crippen molar-refractivity contribution in [3.05, 3.63) is 46.9 Å². The number of nitrogens with one attached hydrogen (secondary N) is 2. The molecule has 0 saturated carbocycles. The number of hydrogen-bond acceptors (Lipinski definition) is 5. The predicted octanol–water partition coefficient (Wildman–Crippen LogP) is 2.68. The van der Waals surface area contributed by atoms with E-state index in [1.165, 1.54) is 24.0 Å². The Hall–Kier alpha value is -2.28. The number of rotatable bonds is 7. The van der Waals surface area contributed by atoms with Gasteiger partial charge in [0.15, 0.2) is 5.16 Å². The van der Waals surface area contributed by atoms with Gasteiger partial charge in [-0.25, -0.2) is 4.98 Å². The van der Waals surface area contributed by atoms with Gasteiger partial charge in [0.2, 0.25) is 5.91 Å². The van der Waals surface area contributed by atoms with Gasteiger partial charge >= 0.3 is 0 Å². The second-order valence-corrected chi connectivity index (χ2v) is 5.89. The Balaban J connectivity index is 2.00. The zero-order valence-corrected chi connectivity index (χ0v) is 13.9. The Morgan fingerprint density at radius 2 is 2.04 bits per heavy atom. The van der Waals surface area contributed by atoms with E-state index < -0.39 is 0 Å². The molecule has 0 saturated heterocycles. The van der Waals surface area contributed by atoms with Crippen LogP contribution in [0, 0.1) is 0 Å². The van der Waals surface area contributed by atoms with Gasteiger partial charge in [-0.1, -0.05) is 18.7 Å². The first kappa shape index (κ1) is 17.1. The zero-order valence-electron chi connectivity index (χ0n) is 13.0. The third kappa shape index (κ3) is 5.14. The molecule has 0 aliphatic rings. The van der Waals surface area contributed by atoms with Gasteiger partial charge in [0.25, 0.3) is 5.56 Å². The smallest absolute Gasteiger partial charge is 0.251 e. The van der Waals surface area contributed by atoms with Crippen molar-refractivity contribution in [3.8, 4) is 5.75 Å². The minimum Gasteiger partial charge on any atom is -0.494 e. The fraction of sp³-hybridized carbons (Fsp3) is 0.312. The average molecular weight is 333 g/mol. The van der Waals surface area contributed by atoms with Gasteiger partial charge in [-0.2, -0.15) is 0 Å². The summed E-state index contributed by atoms with van der Waals surface area (Å²) >= 11 is 1.24. The monoisotopic (exact) mass is 333 g/mol. The van der Waals surface area contributed by atoms with Crippen molar-refractivity contribution in [3.63, 3.8) is 0 Å². The Bertz CT molecular complexity index is 700. The van der Waals surface area contributed by atoms with Crippen LogP contribution in [0.4, 0.5) is 5.69 Å². The lowest BCUT2D eigenvalue weighted by Crippen LogP contribution is -2.25. The van der Waals surface area contributed by atoms with E-state index in [9.17, 15) is 9.59 Å². The van der Waals surface area contributed by atoms with E-state index in [-0.39, 0.29) is 16.7 Å². The second-order valence-electron chi connectivity index (χ2n) is 4.70. The van der Waals surface area contributed by atoms with Crippen molar-refractivity contribution < 1.29 is 9.53 Å². The fourth-order valence-corrected chi connectivity index (χ4v) is 2.78. The highest BCUT2D eigenvalue weighted by Crippen LogP contribution is 2.23. The quantitative estimate of drug-likeness (QED) is 0.601. The van der Waals surface area contributed by atoms with Crippen LogP contribution in [-0.4, -0.2) is 27.7 Å². The van der Waals surface area contributed by atoms with E-state index in [0.29, 0.717) is 23.9 Å². The number of thioether (sulfide) groups is 1. The van der Waals surface area contributed by atoms with Crippen LogP contribution in [0.2, 0.25) is 0 Å². The van der Waals surface area contributed by atoms with E-state index in [1.807, 2.05) is 26.0 Å². The lowest BCUT2D eigenvalue weighted by atomic mass is 10.2. The summed E-state index contributed by atoms with van der Waals surface area (Å²) in [5, 5.41) is 2.96. The van der Waals surface area contributed by atoms with Gasteiger partial charge in [-0.3, -0.25) is 9.59 Å². The van der Waals surface area contributed by atoms with Gasteiger partial charge in [0.05, 0.1) is 11.9 Å². The molecule has 0 fully saturated rings. The maximum atomic E-state index is 12.4. The van der Waals surface area contributed by atoms with Gasteiger partial charge in [0.1, 0.15) is 5.75 Å². The molecule has 0 bridgehead atoms. The molecule has 0 aliphatic carbocycles. The van der Waals surface area contributed by atoms with Crippen LogP contribution in [0.1, 0.15) is 20.3 Å². The first-order chi connectivity index (χ1) is 11.1. The van der Waals surface area contributed by atoms with Crippen LogP contribution in [0.15, 0.2) is 46.5 Å². The van der Waals surface area contributed by atoms with Crippen LogP contribution in [-0.2, 0) is 4.79 Å². The number of anilines is 1. The third-order valence-electron chi connectivity index (χ3n) is 3.00. The van der Waals surface area contributed by atoms with Crippen molar-refractivity contribution in [2.75, 3.05) is 11.9 Å².